The largest absolute Gasteiger partial charge is 0.497 e. The summed E-state index contributed by atoms with van der Waals surface area (Å²) in [6.45, 7) is 2.32. The molecule has 2 aromatic rings. The Morgan fingerprint density at radius 3 is 2.62 bits per heavy atom. The average molecular weight is 353 g/mol. The summed E-state index contributed by atoms with van der Waals surface area (Å²) in [5, 5.41) is 9.59. The van der Waals surface area contributed by atoms with Crippen molar-refractivity contribution in [3.8, 4) is 5.75 Å². The quantitative estimate of drug-likeness (QED) is 0.896. The number of carboxylic acid groups (broad SMARTS) is 1. The second kappa shape index (κ2) is 7.60. The lowest BCUT2D eigenvalue weighted by Crippen LogP contribution is -2.48. The Labute approximate surface area is 153 Å². The summed E-state index contributed by atoms with van der Waals surface area (Å²) in [6, 6.07) is 14.5. The Kier molecular flexibility index (Phi) is 5.26. The van der Waals surface area contributed by atoms with Gasteiger partial charge in [0.15, 0.2) is 0 Å². The summed E-state index contributed by atoms with van der Waals surface area (Å²) in [7, 11) is 1.61. The summed E-state index contributed by atoms with van der Waals surface area (Å²) in [5.74, 6) is -0.370. The summed E-state index contributed by atoms with van der Waals surface area (Å²) >= 11 is 0. The fourth-order valence-corrected chi connectivity index (χ4v) is 3.45. The highest BCUT2D eigenvalue weighted by Gasteiger charge is 2.34. The molecular formula is C21H23NO4. The summed E-state index contributed by atoms with van der Waals surface area (Å²) in [5.41, 5.74) is 3.03. The number of hydrogen-bond acceptors (Lipinski definition) is 3. The maximum absolute atomic E-state index is 12.9. The van der Waals surface area contributed by atoms with Gasteiger partial charge in [-0.15, -0.1) is 0 Å². The Bertz CT molecular complexity index is 817. The normalized spacial score (nSPS) is 17.3. The molecule has 3 rings (SSSR count). The van der Waals surface area contributed by atoms with E-state index in [1.807, 2.05) is 55.5 Å². The van der Waals surface area contributed by atoms with E-state index in [0.29, 0.717) is 13.0 Å². The number of benzene rings is 2. The molecular weight excluding hydrogens is 330 g/mol. The lowest BCUT2D eigenvalue weighted by atomic mass is 9.92. The van der Waals surface area contributed by atoms with Crippen LogP contribution in [0.2, 0.25) is 0 Å². The standard InChI is InChI=1S/C21H23NO4/c1-14(15-8-5-9-18(11-15)26-2)10-20(23)22-13-17-7-4-3-6-16(17)12-19(22)21(24)25/h3-9,11,14,19H,10,12-13H2,1-2H3,(H,24,25). The molecule has 1 aliphatic rings. The zero-order valence-electron chi connectivity index (χ0n) is 15.0. The number of carbonyl (C=O) groups is 2. The maximum atomic E-state index is 12.9. The minimum Gasteiger partial charge on any atom is -0.497 e. The molecule has 0 aliphatic carbocycles. The van der Waals surface area contributed by atoms with E-state index in [1.54, 1.807) is 7.11 Å². The zero-order valence-corrected chi connectivity index (χ0v) is 15.0. The smallest absolute Gasteiger partial charge is 0.326 e. The Balaban J connectivity index is 1.78. The highest BCUT2D eigenvalue weighted by Crippen LogP contribution is 2.28. The van der Waals surface area contributed by atoms with Crippen LogP contribution in [0.4, 0.5) is 0 Å². The number of carbonyl (C=O) groups excluding carboxylic acids is 1. The first-order valence-corrected chi connectivity index (χ1v) is 8.72. The maximum Gasteiger partial charge on any atom is 0.326 e. The van der Waals surface area contributed by atoms with Crippen molar-refractivity contribution in [3.05, 3.63) is 65.2 Å². The van der Waals surface area contributed by atoms with Crippen molar-refractivity contribution >= 4 is 11.9 Å². The second-order valence-corrected chi connectivity index (χ2v) is 6.73. The van der Waals surface area contributed by atoms with Gasteiger partial charge in [0.25, 0.3) is 0 Å². The monoisotopic (exact) mass is 353 g/mol. The Hall–Kier alpha value is -2.82. The minimum atomic E-state index is -0.957. The van der Waals surface area contributed by atoms with Crippen molar-refractivity contribution in [1.82, 2.24) is 4.90 Å². The van der Waals surface area contributed by atoms with E-state index >= 15 is 0 Å². The van der Waals surface area contributed by atoms with Gasteiger partial charge >= 0.3 is 5.97 Å². The molecule has 1 aliphatic heterocycles. The third kappa shape index (κ3) is 3.72. The first-order chi connectivity index (χ1) is 12.5. The number of carboxylic acids is 1. The molecule has 1 N–H and O–H groups in total. The van der Waals surface area contributed by atoms with Gasteiger partial charge in [0, 0.05) is 19.4 Å². The van der Waals surface area contributed by atoms with Gasteiger partial charge in [-0.05, 0) is 34.7 Å². The molecule has 0 bridgehead atoms. The van der Waals surface area contributed by atoms with Crippen LogP contribution in [0.3, 0.4) is 0 Å². The molecule has 26 heavy (non-hydrogen) atoms. The van der Waals surface area contributed by atoms with E-state index in [4.69, 9.17) is 4.74 Å². The van der Waals surface area contributed by atoms with Crippen LogP contribution < -0.4 is 4.74 Å². The van der Waals surface area contributed by atoms with Crippen LogP contribution in [-0.4, -0.2) is 35.0 Å². The number of ether oxygens (including phenoxy) is 1. The van der Waals surface area contributed by atoms with Gasteiger partial charge in [-0.2, -0.15) is 0 Å². The molecule has 136 valence electrons. The van der Waals surface area contributed by atoms with Crippen molar-refractivity contribution in [2.45, 2.75) is 38.3 Å². The zero-order chi connectivity index (χ0) is 18.7. The first-order valence-electron chi connectivity index (χ1n) is 8.72. The third-order valence-corrected chi connectivity index (χ3v) is 5.00. The fourth-order valence-electron chi connectivity index (χ4n) is 3.45. The molecule has 2 unspecified atom stereocenters. The van der Waals surface area contributed by atoms with Gasteiger partial charge in [-0.1, -0.05) is 43.3 Å². The van der Waals surface area contributed by atoms with E-state index in [1.165, 1.54) is 4.90 Å². The van der Waals surface area contributed by atoms with Gasteiger partial charge in [0.1, 0.15) is 11.8 Å². The highest BCUT2D eigenvalue weighted by atomic mass is 16.5. The molecule has 0 saturated carbocycles. The number of nitrogens with zero attached hydrogens (tertiary/aromatic N) is 1. The Morgan fingerprint density at radius 1 is 1.19 bits per heavy atom. The van der Waals surface area contributed by atoms with Gasteiger partial charge in [0.05, 0.1) is 7.11 Å². The highest BCUT2D eigenvalue weighted by molar-refractivity contribution is 5.85. The fraction of sp³-hybridized carbons (Fsp3) is 0.333. The number of fused-ring (bicyclic) bond motifs is 1. The van der Waals surface area contributed by atoms with Crippen molar-refractivity contribution in [2.24, 2.45) is 0 Å². The average Bonchev–Trinajstić information content (AvgIpc) is 2.66. The first kappa shape index (κ1) is 18.0. The number of rotatable bonds is 5. The molecule has 0 aromatic heterocycles. The van der Waals surface area contributed by atoms with Gasteiger partial charge < -0.3 is 14.7 Å². The molecule has 0 fully saturated rings. The van der Waals surface area contributed by atoms with Crippen molar-refractivity contribution in [1.29, 1.82) is 0 Å². The number of amides is 1. The topological polar surface area (TPSA) is 66.8 Å². The van der Waals surface area contributed by atoms with Gasteiger partial charge in [-0.25, -0.2) is 4.79 Å². The van der Waals surface area contributed by atoms with Crippen LogP contribution >= 0.6 is 0 Å². The van der Waals surface area contributed by atoms with Gasteiger partial charge in [0.2, 0.25) is 5.91 Å². The SMILES string of the molecule is COc1cccc(C(C)CC(=O)N2Cc3ccccc3CC2C(=O)O)c1. The number of hydrogen-bond donors (Lipinski definition) is 1. The molecule has 2 aromatic carbocycles. The van der Waals surface area contributed by atoms with Crippen molar-refractivity contribution < 1.29 is 19.4 Å². The van der Waals surface area contributed by atoms with E-state index in [-0.39, 0.29) is 18.2 Å². The molecule has 0 radical (unpaired) electrons. The summed E-state index contributed by atoms with van der Waals surface area (Å²) in [6.07, 6.45) is 0.615. The minimum absolute atomic E-state index is 0.0239. The molecule has 0 spiro atoms. The Morgan fingerprint density at radius 2 is 1.92 bits per heavy atom. The summed E-state index contributed by atoms with van der Waals surface area (Å²) < 4.78 is 5.24. The van der Waals surface area contributed by atoms with E-state index in [9.17, 15) is 14.7 Å². The lowest BCUT2D eigenvalue weighted by Gasteiger charge is -2.35. The van der Waals surface area contributed by atoms with E-state index in [2.05, 4.69) is 0 Å². The van der Waals surface area contributed by atoms with Crippen LogP contribution in [0.5, 0.6) is 5.75 Å². The predicted molar refractivity (Wildman–Crippen MR) is 98.1 cm³/mol. The van der Waals surface area contributed by atoms with Crippen molar-refractivity contribution in [3.63, 3.8) is 0 Å². The van der Waals surface area contributed by atoms with Crippen LogP contribution in [0, 0.1) is 0 Å². The molecule has 0 saturated heterocycles. The molecule has 1 amide bonds. The lowest BCUT2D eigenvalue weighted by molar-refractivity contribution is -0.151. The predicted octanol–water partition coefficient (Wildman–Crippen LogP) is 3.23. The third-order valence-electron chi connectivity index (χ3n) is 5.00. The molecule has 5 heteroatoms. The number of methoxy groups -OCH3 is 1. The summed E-state index contributed by atoms with van der Waals surface area (Å²) in [4.78, 5) is 26.1. The molecule has 2 atom stereocenters. The molecule has 5 nitrogen and oxygen atoms in total. The van der Waals surface area contributed by atoms with E-state index in [0.717, 1.165) is 22.4 Å². The number of aliphatic carboxylic acids is 1. The van der Waals surface area contributed by atoms with Crippen LogP contribution in [0.15, 0.2) is 48.5 Å². The van der Waals surface area contributed by atoms with Crippen LogP contribution in [-0.2, 0) is 22.6 Å². The van der Waals surface area contributed by atoms with E-state index < -0.39 is 12.0 Å². The second-order valence-electron chi connectivity index (χ2n) is 6.73. The van der Waals surface area contributed by atoms with Crippen LogP contribution in [0.25, 0.3) is 0 Å². The van der Waals surface area contributed by atoms with Gasteiger partial charge in [-0.3, -0.25) is 4.79 Å². The van der Waals surface area contributed by atoms with Crippen molar-refractivity contribution in [2.75, 3.05) is 7.11 Å². The van der Waals surface area contributed by atoms with Crippen LogP contribution in [0.1, 0.15) is 36.0 Å². The molecule has 1 heterocycles.